The molecule has 2 saturated heterocycles. The van der Waals surface area contributed by atoms with Crippen molar-refractivity contribution in [1.82, 2.24) is 24.7 Å². The molecule has 0 atom stereocenters. The third kappa shape index (κ3) is 5.41. The molecule has 2 aliphatic heterocycles. The van der Waals surface area contributed by atoms with Crippen LogP contribution < -0.4 is 5.32 Å². The van der Waals surface area contributed by atoms with E-state index in [2.05, 4.69) is 22.4 Å². The van der Waals surface area contributed by atoms with E-state index >= 15 is 0 Å². The number of hydrogen-bond acceptors (Lipinski definition) is 7. The molecule has 10 nitrogen and oxygen atoms in total. The van der Waals surface area contributed by atoms with Crippen molar-refractivity contribution in [3.63, 3.8) is 0 Å². The van der Waals surface area contributed by atoms with E-state index in [1.165, 1.54) is 16.4 Å². The molecule has 0 spiro atoms. The Bertz CT molecular complexity index is 1090. The summed E-state index contributed by atoms with van der Waals surface area (Å²) in [7, 11) is -3.54. The first-order valence-corrected chi connectivity index (χ1v) is 12.8. The van der Waals surface area contributed by atoms with Crippen molar-refractivity contribution in [2.75, 3.05) is 32.7 Å². The van der Waals surface area contributed by atoms with Gasteiger partial charge in [-0.15, -0.1) is 10.2 Å². The van der Waals surface area contributed by atoms with Crippen molar-refractivity contribution in [2.45, 2.75) is 43.9 Å². The maximum absolute atomic E-state index is 12.9. The van der Waals surface area contributed by atoms with Gasteiger partial charge in [0.15, 0.2) is 0 Å². The number of likely N-dealkylation sites (tertiary alicyclic amines) is 1. The van der Waals surface area contributed by atoms with E-state index in [4.69, 9.17) is 4.42 Å². The second-order valence-corrected chi connectivity index (χ2v) is 10.6. The summed E-state index contributed by atoms with van der Waals surface area (Å²) >= 11 is 0. The minimum atomic E-state index is -3.54. The molecule has 0 aliphatic carbocycles. The van der Waals surface area contributed by atoms with E-state index < -0.39 is 15.9 Å². The fourth-order valence-corrected chi connectivity index (χ4v) is 5.53. The molecule has 0 saturated carbocycles. The maximum Gasteiger partial charge on any atom is 0.308 e. The Hall–Kier alpha value is -2.79. The molecule has 0 radical (unpaired) electrons. The van der Waals surface area contributed by atoms with Gasteiger partial charge in [-0.1, -0.05) is 6.92 Å². The van der Waals surface area contributed by atoms with E-state index in [1.54, 1.807) is 17.0 Å². The number of hydrogen-bond donors (Lipinski definition) is 1. The van der Waals surface area contributed by atoms with Gasteiger partial charge in [0.25, 0.3) is 0 Å². The SMILES string of the molecule is CC1CCN(S(=O)(=O)c2ccc(-c3nnc(C(=O)NCCCN4CCCC4=O)o3)cc2)CC1. The third-order valence-electron chi connectivity index (χ3n) is 6.16. The fourth-order valence-electron chi connectivity index (χ4n) is 4.06. The van der Waals surface area contributed by atoms with Gasteiger partial charge < -0.3 is 14.6 Å². The number of sulfonamides is 1. The number of benzene rings is 1. The van der Waals surface area contributed by atoms with Gasteiger partial charge in [0, 0.05) is 44.7 Å². The van der Waals surface area contributed by atoms with Crippen molar-refractivity contribution in [1.29, 1.82) is 0 Å². The number of nitrogens with one attached hydrogen (secondary N) is 1. The largest absolute Gasteiger partial charge is 0.412 e. The maximum atomic E-state index is 12.9. The molecule has 1 aromatic carbocycles. The van der Waals surface area contributed by atoms with Crippen LogP contribution in [0.4, 0.5) is 0 Å². The second kappa shape index (κ2) is 10.0. The number of amides is 2. The summed E-state index contributed by atoms with van der Waals surface area (Å²) in [6, 6.07) is 6.24. The minimum absolute atomic E-state index is 0.138. The first-order chi connectivity index (χ1) is 15.8. The molecular formula is C22H29N5O5S. The van der Waals surface area contributed by atoms with E-state index in [0.29, 0.717) is 50.5 Å². The van der Waals surface area contributed by atoms with Crippen LogP contribution in [-0.2, 0) is 14.8 Å². The smallest absolute Gasteiger partial charge is 0.308 e. The Morgan fingerprint density at radius 3 is 2.55 bits per heavy atom. The number of carbonyl (C=O) groups is 2. The topological polar surface area (TPSA) is 126 Å². The summed E-state index contributed by atoms with van der Waals surface area (Å²) in [6.07, 6.45) is 3.85. The Kier molecular flexibility index (Phi) is 7.08. The quantitative estimate of drug-likeness (QED) is 0.578. The van der Waals surface area contributed by atoms with Crippen molar-refractivity contribution >= 4 is 21.8 Å². The van der Waals surface area contributed by atoms with Crippen LogP contribution in [-0.4, -0.2) is 72.4 Å². The van der Waals surface area contributed by atoms with Gasteiger partial charge in [-0.2, -0.15) is 4.31 Å². The summed E-state index contributed by atoms with van der Waals surface area (Å²) in [4.78, 5) is 25.9. The number of rotatable bonds is 8. The van der Waals surface area contributed by atoms with Crippen molar-refractivity contribution in [3.8, 4) is 11.5 Å². The molecule has 2 fully saturated rings. The van der Waals surface area contributed by atoms with Crippen molar-refractivity contribution < 1.29 is 22.4 Å². The lowest BCUT2D eigenvalue weighted by Gasteiger charge is -2.29. The van der Waals surface area contributed by atoms with Crippen LogP contribution in [0.15, 0.2) is 33.6 Å². The zero-order valence-electron chi connectivity index (χ0n) is 18.7. The molecular weight excluding hydrogens is 446 g/mol. The zero-order valence-corrected chi connectivity index (χ0v) is 19.5. The van der Waals surface area contributed by atoms with Crippen molar-refractivity contribution in [3.05, 3.63) is 30.2 Å². The highest BCUT2D eigenvalue weighted by Gasteiger charge is 2.28. The van der Waals surface area contributed by atoms with Crippen LogP contribution in [0.3, 0.4) is 0 Å². The van der Waals surface area contributed by atoms with Crippen LogP contribution in [0.2, 0.25) is 0 Å². The van der Waals surface area contributed by atoms with Gasteiger partial charge in [-0.25, -0.2) is 8.42 Å². The third-order valence-corrected chi connectivity index (χ3v) is 8.08. The predicted octanol–water partition coefficient (Wildman–Crippen LogP) is 1.90. The average Bonchev–Trinajstić information content (AvgIpc) is 3.46. The second-order valence-electron chi connectivity index (χ2n) is 8.62. The summed E-state index contributed by atoms with van der Waals surface area (Å²) in [5.41, 5.74) is 0.528. The monoisotopic (exact) mass is 475 g/mol. The normalized spacial score (nSPS) is 18.1. The summed E-state index contributed by atoms with van der Waals surface area (Å²) < 4.78 is 32.7. The molecule has 2 amide bonds. The van der Waals surface area contributed by atoms with Crippen LogP contribution in [0.25, 0.3) is 11.5 Å². The summed E-state index contributed by atoms with van der Waals surface area (Å²) in [5, 5.41) is 10.4. The van der Waals surface area contributed by atoms with Crippen LogP contribution >= 0.6 is 0 Å². The lowest BCUT2D eigenvalue weighted by molar-refractivity contribution is -0.127. The zero-order chi connectivity index (χ0) is 23.4. The summed E-state index contributed by atoms with van der Waals surface area (Å²) in [6.45, 7) is 4.97. The molecule has 3 heterocycles. The molecule has 4 rings (SSSR count). The molecule has 33 heavy (non-hydrogen) atoms. The number of nitrogens with zero attached hydrogens (tertiary/aromatic N) is 4. The Morgan fingerprint density at radius 2 is 1.88 bits per heavy atom. The number of piperidine rings is 1. The van der Waals surface area contributed by atoms with Gasteiger partial charge >= 0.3 is 11.8 Å². The van der Waals surface area contributed by atoms with Gasteiger partial charge in [0.2, 0.25) is 21.8 Å². The Labute approximate surface area is 193 Å². The predicted molar refractivity (Wildman–Crippen MR) is 120 cm³/mol. The molecule has 1 aromatic heterocycles. The van der Waals surface area contributed by atoms with Crippen LogP contribution in [0.5, 0.6) is 0 Å². The highest BCUT2D eigenvalue weighted by Crippen LogP contribution is 2.25. The number of aromatic nitrogens is 2. The molecule has 11 heteroatoms. The van der Waals surface area contributed by atoms with Gasteiger partial charge in [0.05, 0.1) is 4.90 Å². The summed E-state index contributed by atoms with van der Waals surface area (Å²) in [5.74, 6) is 0.184. The van der Waals surface area contributed by atoms with Crippen LogP contribution in [0.1, 0.15) is 49.7 Å². The number of carbonyl (C=O) groups excluding carboxylic acids is 2. The van der Waals surface area contributed by atoms with E-state index in [9.17, 15) is 18.0 Å². The Morgan fingerprint density at radius 1 is 1.15 bits per heavy atom. The minimum Gasteiger partial charge on any atom is -0.412 e. The first kappa shape index (κ1) is 23.4. The fraction of sp³-hybridized carbons (Fsp3) is 0.545. The lowest BCUT2D eigenvalue weighted by atomic mass is 10.0. The molecule has 2 aromatic rings. The van der Waals surface area contributed by atoms with E-state index in [0.717, 1.165) is 25.8 Å². The molecule has 2 aliphatic rings. The van der Waals surface area contributed by atoms with Crippen molar-refractivity contribution in [2.24, 2.45) is 5.92 Å². The van der Waals surface area contributed by atoms with Gasteiger partial charge in [-0.05, 0) is 55.9 Å². The average molecular weight is 476 g/mol. The molecule has 1 N–H and O–H groups in total. The standard InChI is InChI=1S/C22H29N5O5S/c1-16-9-14-27(15-10-16)33(30,31)18-7-5-17(6-8-18)21-24-25-22(32-21)20(29)23-11-3-13-26-12-2-4-19(26)28/h5-8,16H,2-4,9-15H2,1H3,(H,23,29). The van der Waals surface area contributed by atoms with Crippen LogP contribution in [0, 0.1) is 5.92 Å². The van der Waals surface area contributed by atoms with E-state index in [-0.39, 0.29) is 22.6 Å². The highest BCUT2D eigenvalue weighted by atomic mass is 32.2. The first-order valence-electron chi connectivity index (χ1n) is 11.3. The van der Waals surface area contributed by atoms with Gasteiger partial charge in [-0.3, -0.25) is 9.59 Å². The molecule has 178 valence electrons. The van der Waals surface area contributed by atoms with Gasteiger partial charge in [0.1, 0.15) is 0 Å². The highest BCUT2D eigenvalue weighted by molar-refractivity contribution is 7.89. The lowest BCUT2D eigenvalue weighted by Crippen LogP contribution is -2.37. The Balaban J connectivity index is 1.32. The van der Waals surface area contributed by atoms with E-state index in [1.807, 2.05) is 0 Å². The molecule has 0 unspecified atom stereocenters. The molecule has 0 bridgehead atoms.